The van der Waals surface area contributed by atoms with Gasteiger partial charge in [-0.1, -0.05) is 0 Å². The number of fused-ring (bicyclic) bond motifs is 1. The third kappa shape index (κ3) is 2.79. The van der Waals surface area contributed by atoms with Gasteiger partial charge in [0.1, 0.15) is 22.9 Å². The van der Waals surface area contributed by atoms with Crippen LogP contribution in [-0.2, 0) is 0 Å². The zero-order chi connectivity index (χ0) is 19.1. The minimum Gasteiger partial charge on any atom is -0.391 e. The molecule has 1 amide bonds. The Hall–Kier alpha value is -3.40. The first-order chi connectivity index (χ1) is 13.0. The molecule has 1 aliphatic rings. The van der Waals surface area contributed by atoms with Gasteiger partial charge in [0.05, 0.1) is 18.3 Å². The van der Waals surface area contributed by atoms with E-state index in [1.807, 2.05) is 0 Å². The van der Waals surface area contributed by atoms with Crippen molar-refractivity contribution in [3.05, 3.63) is 46.5 Å². The lowest BCUT2D eigenvalue weighted by atomic mass is 9.89. The van der Waals surface area contributed by atoms with Gasteiger partial charge in [-0.25, -0.2) is 4.98 Å². The molecule has 140 valence electrons. The van der Waals surface area contributed by atoms with Gasteiger partial charge in [0.15, 0.2) is 5.65 Å². The number of aliphatic hydroxyl groups is 1. The quantitative estimate of drug-likeness (QED) is 0.512. The summed E-state index contributed by atoms with van der Waals surface area (Å²) in [5.74, 6) is 0.289. The first-order valence-electron chi connectivity index (χ1n) is 8.52. The van der Waals surface area contributed by atoms with Crippen LogP contribution in [0.5, 0.6) is 0 Å². The van der Waals surface area contributed by atoms with Crippen molar-refractivity contribution < 1.29 is 9.90 Å². The molecule has 3 aromatic rings. The molecule has 1 saturated carbocycles. The van der Waals surface area contributed by atoms with E-state index in [1.54, 1.807) is 31.4 Å². The summed E-state index contributed by atoms with van der Waals surface area (Å²) in [5.41, 5.74) is 5.90. The van der Waals surface area contributed by atoms with Gasteiger partial charge >= 0.3 is 0 Å². The second-order valence-corrected chi connectivity index (χ2v) is 6.41. The number of nitrogens with one attached hydrogen (secondary N) is 2. The molecular formula is C17H19N7O3. The van der Waals surface area contributed by atoms with Gasteiger partial charge in [0, 0.05) is 19.3 Å². The molecule has 0 saturated heterocycles. The largest absolute Gasteiger partial charge is 0.391 e. The first-order valence-corrected chi connectivity index (χ1v) is 8.52. The number of carbonyl (C=O) groups excluding carboxylic acids is 1. The summed E-state index contributed by atoms with van der Waals surface area (Å²) < 4.78 is 2.99. The fraction of sp³-hybridized carbons (Fsp3) is 0.294. The van der Waals surface area contributed by atoms with Gasteiger partial charge in [0.2, 0.25) is 0 Å². The Morgan fingerprint density at radius 1 is 1.41 bits per heavy atom. The van der Waals surface area contributed by atoms with Crippen molar-refractivity contribution in [3.63, 3.8) is 0 Å². The standard InChI is InChI=1S/C17H19N7O3/c1-19-14-7-13(22-16-9(15(18)26)8-20-24(14)16)21-10-3-2-6-23(17(10)27)11-4-5-12(11)25/h2-3,6-8,11-12,19,25H,4-5H2,1H3,(H2,18,26)(H,21,22)/t11?,12-/m1/s1. The highest BCUT2D eigenvalue weighted by atomic mass is 16.3. The Balaban J connectivity index is 1.76. The summed E-state index contributed by atoms with van der Waals surface area (Å²) in [7, 11) is 1.71. The Morgan fingerprint density at radius 2 is 2.22 bits per heavy atom. The molecule has 0 radical (unpaired) electrons. The summed E-state index contributed by atoms with van der Waals surface area (Å²) in [6.45, 7) is 0. The van der Waals surface area contributed by atoms with Crippen molar-refractivity contribution >= 4 is 28.9 Å². The average Bonchev–Trinajstić information content (AvgIpc) is 3.07. The Labute approximate surface area is 153 Å². The zero-order valence-electron chi connectivity index (χ0n) is 14.6. The molecule has 4 rings (SSSR count). The summed E-state index contributed by atoms with van der Waals surface area (Å²) in [6.07, 6.45) is 3.96. The van der Waals surface area contributed by atoms with Crippen LogP contribution in [0.25, 0.3) is 5.65 Å². The van der Waals surface area contributed by atoms with Crippen molar-refractivity contribution in [1.29, 1.82) is 0 Å². The van der Waals surface area contributed by atoms with E-state index in [1.165, 1.54) is 15.3 Å². The predicted molar refractivity (Wildman–Crippen MR) is 99.3 cm³/mol. The normalized spacial score (nSPS) is 18.9. The van der Waals surface area contributed by atoms with Crippen LogP contribution < -0.4 is 21.9 Å². The third-order valence-electron chi connectivity index (χ3n) is 4.79. The van der Waals surface area contributed by atoms with E-state index < -0.39 is 12.0 Å². The van der Waals surface area contributed by atoms with Crippen LogP contribution in [0.2, 0.25) is 0 Å². The molecule has 1 unspecified atom stereocenters. The monoisotopic (exact) mass is 369 g/mol. The molecular weight excluding hydrogens is 350 g/mol. The van der Waals surface area contributed by atoms with E-state index >= 15 is 0 Å². The van der Waals surface area contributed by atoms with Gasteiger partial charge < -0.3 is 26.0 Å². The minimum atomic E-state index is -0.641. The number of pyridine rings is 1. The lowest BCUT2D eigenvalue weighted by Gasteiger charge is -2.34. The number of aromatic nitrogens is 4. The lowest BCUT2D eigenvalue weighted by molar-refractivity contribution is 0.0300. The van der Waals surface area contributed by atoms with Crippen LogP contribution in [0, 0.1) is 0 Å². The third-order valence-corrected chi connectivity index (χ3v) is 4.79. The van der Waals surface area contributed by atoms with Gasteiger partial charge in [0.25, 0.3) is 11.5 Å². The molecule has 0 aromatic carbocycles. The molecule has 1 fully saturated rings. The molecule has 3 aromatic heterocycles. The maximum atomic E-state index is 12.8. The van der Waals surface area contributed by atoms with Crippen LogP contribution in [0.3, 0.4) is 0 Å². The molecule has 0 spiro atoms. The molecule has 0 aliphatic heterocycles. The SMILES string of the molecule is CNc1cc(Nc2cccn(C3CC[C@H]3O)c2=O)nc2c(C(N)=O)cnn12. The number of hydrogen-bond acceptors (Lipinski definition) is 7. The van der Waals surface area contributed by atoms with Gasteiger partial charge in [-0.05, 0) is 25.0 Å². The number of rotatable bonds is 5. The Morgan fingerprint density at radius 3 is 2.85 bits per heavy atom. The van der Waals surface area contributed by atoms with Crippen LogP contribution in [0.15, 0.2) is 35.4 Å². The molecule has 10 heteroatoms. The highest BCUT2D eigenvalue weighted by molar-refractivity contribution is 5.98. The summed E-state index contributed by atoms with van der Waals surface area (Å²) in [4.78, 5) is 28.7. The fourth-order valence-electron chi connectivity index (χ4n) is 3.17. The summed E-state index contributed by atoms with van der Waals surface area (Å²) in [5, 5.41) is 19.9. The number of nitrogens with zero attached hydrogens (tertiary/aromatic N) is 4. The Kier molecular flexibility index (Phi) is 4.04. The van der Waals surface area contributed by atoms with E-state index in [9.17, 15) is 14.7 Å². The second kappa shape index (κ2) is 6.40. The molecule has 1 aliphatic carbocycles. The van der Waals surface area contributed by atoms with Gasteiger partial charge in [-0.2, -0.15) is 9.61 Å². The number of primary amides is 1. The number of nitrogens with two attached hydrogens (primary N) is 1. The first kappa shape index (κ1) is 17.0. The van der Waals surface area contributed by atoms with E-state index in [-0.39, 0.29) is 22.8 Å². The van der Waals surface area contributed by atoms with E-state index in [0.717, 1.165) is 6.42 Å². The second-order valence-electron chi connectivity index (χ2n) is 6.41. The molecule has 0 bridgehead atoms. The lowest BCUT2D eigenvalue weighted by Crippen LogP contribution is -2.39. The van der Waals surface area contributed by atoms with Crippen molar-refractivity contribution in [2.45, 2.75) is 25.0 Å². The number of aliphatic hydroxyl groups excluding tert-OH is 1. The van der Waals surface area contributed by atoms with Crippen LogP contribution in [-0.4, -0.2) is 43.3 Å². The smallest absolute Gasteiger partial charge is 0.274 e. The number of carbonyl (C=O) groups is 1. The summed E-state index contributed by atoms with van der Waals surface area (Å²) >= 11 is 0. The van der Waals surface area contributed by atoms with E-state index in [0.29, 0.717) is 23.7 Å². The van der Waals surface area contributed by atoms with Gasteiger partial charge in [-0.3, -0.25) is 9.59 Å². The number of hydrogen-bond donors (Lipinski definition) is 4. The predicted octanol–water partition coefficient (Wildman–Crippen LogP) is 0.471. The van der Waals surface area contributed by atoms with E-state index in [2.05, 4.69) is 20.7 Å². The molecule has 5 N–H and O–H groups in total. The highest BCUT2D eigenvalue weighted by Crippen LogP contribution is 2.31. The van der Waals surface area contributed by atoms with Gasteiger partial charge in [-0.15, -0.1) is 0 Å². The molecule has 10 nitrogen and oxygen atoms in total. The van der Waals surface area contributed by atoms with Crippen molar-refractivity contribution in [2.24, 2.45) is 5.73 Å². The number of amides is 1. The zero-order valence-corrected chi connectivity index (χ0v) is 14.6. The highest BCUT2D eigenvalue weighted by Gasteiger charge is 2.31. The maximum absolute atomic E-state index is 12.8. The molecule has 3 heterocycles. The summed E-state index contributed by atoms with van der Waals surface area (Å²) in [6, 6.07) is 4.83. The minimum absolute atomic E-state index is 0.179. The molecule has 27 heavy (non-hydrogen) atoms. The Bertz CT molecular complexity index is 1090. The van der Waals surface area contributed by atoms with Crippen molar-refractivity contribution in [2.75, 3.05) is 17.7 Å². The number of anilines is 3. The maximum Gasteiger partial charge on any atom is 0.274 e. The van der Waals surface area contributed by atoms with Crippen molar-refractivity contribution in [1.82, 2.24) is 19.2 Å². The van der Waals surface area contributed by atoms with Crippen molar-refractivity contribution in [3.8, 4) is 0 Å². The topological polar surface area (TPSA) is 140 Å². The van der Waals surface area contributed by atoms with Crippen LogP contribution in [0.1, 0.15) is 29.2 Å². The fourth-order valence-corrected chi connectivity index (χ4v) is 3.17. The van der Waals surface area contributed by atoms with Crippen LogP contribution in [0.4, 0.5) is 17.3 Å². The average molecular weight is 369 g/mol. The van der Waals surface area contributed by atoms with Crippen LogP contribution >= 0.6 is 0 Å². The van der Waals surface area contributed by atoms with E-state index in [4.69, 9.17) is 5.73 Å². The molecule has 2 atom stereocenters.